The van der Waals surface area contributed by atoms with Crippen molar-refractivity contribution in [1.82, 2.24) is 56.8 Å². The van der Waals surface area contributed by atoms with Gasteiger partial charge in [-0.15, -0.1) is 5.10 Å². The van der Waals surface area contributed by atoms with Crippen molar-refractivity contribution in [3.8, 4) is 0 Å². The molecular formula is C51H69N15O10. The third-order valence-electron chi connectivity index (χ3n) is 13.8. The van der Waals surface area contributed by atoms with Crippen molar-refractivity contribution < 1.29 is 47.9 Å². The molecule has 0 bridgehead atoms. The Labute approximate surface area is 438 Å². The molecule has 25 heteroatoms. The van der Waals surface area contributed by atoms with Gasteiger partial charge in [0.1, 0.15) is 36.3 Å². The molecule has 2 aromatic heterocycles. The highest BCUT2D eigenvalue weighted by atomic mass is 16.2. The van der Waals surface area contributed by atoms with Crippen LogP contribution in [0.25, 0.3) is 10.9 Å². The molecule has 0 spiro atoms. The van der Waals surface area contributed by atoms with E-state index in [1.807, 2.05) is 54.6 Å². The fraction of sp³-hybridized carbons (Fsp3) is 0.490. The molecule has 0 radical (unpaired) electrons. The molecule has 408 valence electrons. The van der Waals surface area contributed by atoms with Crippen molar-refractivity contribution in [3.05, 3.63) is 83.8 Å². The van der Waals surface area contributed by atoms with Crippen LogP contribution in [0.5, 0.6) is 0 Å². The Morgan fingerprint density at radius 2 is 1.39 bits per heavy atom. The first-order valence-electron chi connectivity index (χ1n) is 25.5. The van der Waals surface area contributed by atoms with Crippen molar-refractivity contribution in [2.75, 3.05) is 13.1 Å². The summed E-state index contributed by atoms with van der Waals surface area (Å²) in [5.41, 5.74) is 26.0. The Bertz CT molecular complexity index is 2750. The van der Waals surface area contributed by atoms with E-state index in [-0.39, 0.29) is 45.2 Å². The highest BCUT2D eigenvalue weighted by Crippen LogP contribution is 2.30. The van der Waals surface area contributed by atoms with E-state index in [0.717, 1.165) is 16.5 Å². The maximum Gasteiger partial charge on any atom is 0.246 e. The number of nitrogens with zero attached hydrogens (tertiary/aromatic N) is 4. The first-order valence-corrected chi connectivity index (χ1v) is 25.5. The lowest BCUT2D eigenvalue weighted by Gasteiger charge is -2.33. The molecule has 9 atom stereocenters. The van der Waals surface area contributed by atoms with Crippen LogP contribution in [0.4, 0.5) is 0 Å². The van der Waals surface area contributed by atoms with E-state index in [0.29, 0.717) is 43.4 Å². The summed E-state index contributed by atoms with van der Waals surface area (Å²) in [5.74, 6) is -9.37. The monoisotopic (exact) mass is 1050 g/mol. The molecule has 2 aliphatic rings. The summed E-state index contributed by atoms with van der Waals surface area (Å²) in [7, 11) is 0. The molecule has 25 nitrogen and oxygen atoms in total. The molecule has 1 unspecified atom stereocenters. The number of aromatic nitrogens is 4. The minimum atomic E-state index is -1.76. The zero-order valence-corrected chi connectivity index (χ0v) is 42.6. The number of fused-ring (bicyclic) bond motifs is 2. The fourth-order valence-corrected chi connectivity index (χ4v) is 9.27. The smallest absolute Gasteiger partial charge is 0.246 e. The van der Waals surface area contributed by atoms with E-state index in [1.165, 1.54) is 4.90 Å². The summed E-state index contributed by atoms with van der Waals surface area (Å²) in [4.78, 5) is 141. The summed E-state index contributed by atoms with van der Waals surface area (Å²) < 4.78 is 1.57. The van der Waals surface area contributed by atoms with Crippen molar-refractivity contribution in [1.29, 1.82) is 0 Å². The number of rotatable bonds is 13. The SMILES string of the molecule is CCC(C)[C@@H]1NC(=O)[C@H](CC(N)=O)NC(=O)[C@H](CC(N)=O)NC(=O)[C@@H](N)CCC(=O)NCCCC[C@@H](C(N)=O)NC(=O)[C@H](Cc2c[nH]c3ccccc23)NC(=O)[C@@H]2C[C@H](n3cc(CCc4ccccc4)nn3)CN2C1=O. The Kier molecular flexibility index (Phi) is 20.1. The van der Waals surface area contributed by atoms with Crippen LogP contribution < -0.4 is 54.8 Å². The topological polar surface area (TPSA) is 397 Å². The third kappa shape index (κ3) is 15.7. The van der Waals surface area contributed by atoms with Crippen molar-refractivity contribution in [2.45, 2.75) is 139 Å². The zero-order valence-electron chi connectivity index (χ0n) is 42.6. The molecule has 76 heavy (non-hydrogen) atoms. The minimum absolute atomic E-state index is 0.0287. The Morgan fingerprint density at radius 1 is 0.750 bits per heavy atom. The molecule has 2 saturated heterocycles. The van der Waals surface area contributed by atoms with Crippen molar-refractivity contribution in [2.24, 2.45) is 28.9 Å². The van der Waals surface area contributed by atoms with E-state index in [2.05, 4.69) is 47.2 Å². The standard InChI is InChI=1S/C51H69N15O10/c1-3-28(2)44-51(76)65-27-32(66-26-31(63-64-66)17-16-29-11-5-4-6-12-29)22-40(65)50(75)61-37(21-30-25-57-35-14-8-7-13-33(30)35)47(72)58-36(45(55)70)15-9-10-20-56-43(69)19-18-34(52)46(71)59-38(23-41(53)67)48(73)60-39(24-42(54)68)49(74)62-44/h4-8,11-14,25-26,28,32,34,36-40,44,57H,3,9-10,15-24,27,52H2,1-2H3,(H2,53,67)(H2,54,68)(H2,55,70)(H,56,69)(H,58,72)(H,59,71)(H,60,73)(H,61,75)(H,62,74)/t28?,32-,34-,36-,37-,38-,39-,40-,44-/m0/s1. The van der Waals surface area contributed by atoms with Crippen molar-refractivity contribution in [3.63, 3.8) is 0 Å². The quantitative estimate of drug-likeness (QED) is 0.0694. The van der Waals surface area contributed by atoms with Crippen LogP contribution in [0, 0.1) is 5.92 Å². The van der Waals surface area contributed by atoms with E-state index < -0.39 is 126 Å². The van der Waals surface area contributed by atoms with Crippen LogP contribution in [0.15, 0.2) is 67.0 Å². The molecule has 4 heterocycles. The number of para-hydroxylation sites is 1. The van der Waals surface area contributed by atoms with Crippen LogP contribution >= 0.6 is 0 Å². The largest absolute Gasteiger partial charge is 0.370 e. The summed E-state index contributed by atoms with van der Waals surface area (Å²) in [6, 6.07) is 6.40. The summed E-state index contributed by atoms with van der Waals surface area (Å²) in [6.07, 6.45) is 3.58. The van der Waals surface area contributed by atoms with Crippen LogP contribution in [0.2, 0.25) is 0 Å². The Hall–Kier alpha value is -8.22. The third-order valence-corrected chi connectivity index (χ3v) is 13.8. The van der Waals surface area contributed by atoms with E-state index in [1.54, 1.807) is 30.9 Å². The maximum absolute atomic E-state index is 15.2. The Balaban J connectivity index is 1.37. The number of H-pyrrole nitrogens is 1. The van der Waals surface area contributed by atoms with Crippen LogP contribution in [0.3, 0.4) is 0 Å². The lowest BCUT2D eigenvalue weighted by Crippen LogP contribution is -2.61. The molecule has 15 N–H and O–H groups in total. The van der Waals surface area contributed by atoms with Gasteiger partial charge in [-0.3, -0.25) is 47.9 Å². The van der Waals surface area contributed by atoms with Gasteiger partial charge < -0.3 is 64.7 Å². The van der Waals surface area contributed by atoms with Gasteiger partial charge in [-0.2, -0.15) is 0 Å². The number of hydrogen-bond acceptors (Lipinski definition) is 13. The van der Waals surface area contributed by atoms with Gasteiger partial charge >= 0.3 is 0 Å². The number of aromatic amines is 1. The molecule has 2 aromatic carbocycles. The first-order chi connectivity index (χ1) is 36.3. The van der Waals surface area contributed by atoms with Gasteiger partial charge in [-0.25, -0.2) is 4.68 Å². The summed E-state index contributed by atoms with van der Waals surface area (Å²) in [6.45, 7) is 3.45. The maximum atomic E-state index is 15.2. The Morgan fingerprint density at radius 3 is 2.08 bits per heavy atom. The van der Waals surface area contributed by atoms with Gasteiger partial charge in [-0.1, -0.05) is 74.0 Å². The van der Waals surface area contributed by atoms with Crippen LogP contribution in [0.1, 0.15) is 94.5 Å². The molecule has 0 saturated carbocycles. The molecular weight excluding hydrogens is 983 g/mol. The lowest BCUT2D eigenvalue weighted by molar-refractivity contribution is -0.144. The van der Waals surface area contributed by atoms with Gasteiger partial charge in [0.2, 0.25) is 59.1 Å². The van der Waals surface area contributed by atoms with Gasteiger partial charge in [0, 0.05) is 55.6 Å². The summed E-state index contributed by atoms with van der Waals surface area (Å²) >= 11 is 0. The first kappa shape index (κ1) is 57.1. The number of nitrogens with two attached hydrogens (primary N) is 4. The minimum Gasteiger partial charge on any atom is -0.370 e. The highest BCUT2D eigenvalue weighted by Gasteiger charge is 2.45. The second-order valence-corrected chi connectivity index (χ2v) is 19.5. The molecule has 10 amide bonds. The van der Waals surface area contributed by atoms with Gasteiger partial charge in [0.25, 0.3) is 0 Å². The average molecular weight is 1050 g/mol. The molecule has 2 aliphatic heterocycles. The zero-order chi connectivity index (χ0) is 55.1. The number of benzene rings is 2. The van der Waals surface area contributed by atoms with E-state index in [9.17, 15) is 38.4 Å². The lowest BCUT2D eigenvalue weighted by atomic mass is 9.96. The van der Waals surface area contributed by atoms with Gasteiger partial charge in [0.05, 0.1) is 30.6 Å². The van der Waals surface area contributed by atoms with Crippen LogP contribution in [-0.2, 0) is 67.2 Å². The second kappa shape index (κ2) is 26.8. The number of hydrogen-bond donors (Lipinski definition) is 11. The predicted molar refractivity (Wildman–Crippen MR) is 275 cm³/mol. The van der Waals surface area contributed by atoms with E-state index in [4.69, 9.17) is 22.9 Å². The fourth-order valence-electron chi connectivity index (χ4n) is 9.27. The van der Waals surface area contributed by atoms with E-state index >= 15 is 9.59 Å². The molecule has 0 aliphatic carbocycles. The number of aryl methyl sites for hydroxylation is 2. The van der Waals surface area contributed by atoms with Crippen molar-refractivity contribution >= 4 is 70.0 Å². The molecule has 2 fully saturated rings. The van der Waals surface area contributed by atoms with Gasteiger partial charge in [0.15, 0.2) is 0 Å². The predicted octanol–water partition coefficient (Wildman–Crippen LogP) is -1.96. The number of carbonyl (C=O) groups is 10. The van der Waals surface area contributed by atoms with Crippen LogP contribution in [-0.4, -0.2) is 139 Å². The van der Waals surface area contributed by atoms with Gasteiger partial charge in [-0.05, 0) is 61.6 Å². The molecule has 6 rings (SSSR count). The number of carbonyl (C=O) groups excluding carboxylic acids is 10. The number of amides is 10. The number of primary amides is 3. The second-order valence-electron chi connectivity index (χ2n) is 19.5. The normalized spacial score (nSPS) is 24.7. The number of nitrogens with one attached hydrogen (secondary N) is 7. The molecule has 4 aromatic rings. The summed E-state index contributed by atoms with van der Waals surface area (Å²) in [5, 5.41) is 25.2. The average Bonchev–Trinajstić information content (AvgIpc) is 4.16. The highest BCUT2D eigenvalue weighted by molar-refractivity contribution is 6.00.